The van der Waals surface area contributed by atoms with E-state index in [-0.39, 0.29) is 23.3 Å². The summed E-state index contributed by atoms with van der Waals surface area (Å²) in [4.78, 5) is 23.2. The van der Waals surface area contributed by atoms with Gasteiger partial charge in [0.15, 0.2) is 17.1 Å². The number of anilines is 1. The van der Waals surface area contributed by atoms with Crippen molar-refractivity contribution in [3.63, 3.8) is 0 Å². The molecule has 1 amide bonds. The van der Waals surface area contributed by atoms with Crippen LogP contribution in [0.1, 0.15) is 36.1 Å². The molecule has 0 saturated carbocycles. The number of benzene rings is 2. The number of nitrogens with zero attached hydrogens (tertiary/aromatic N) is 3. The molecule has 3 aromatic rings. The SMILES string of the molecule is CCn1c(SCC(=O)Nc2ccc(C(=O)O)cc2)nnc1C(C)Oc1ccccc1Cl. The molecule has 1 heterocycles. The molecule has 2 N–H and O–H groups in total. The van der Waals surface area contributed by atoms with Crippen LogP contribution in [0, 0.1) is 0 Å². The number of rotatable bonds is 9. The average Bonchev–Trinajstić information content (AvgIpc) is 3.17. The number of aromatic carboxylic acids is 1. The molecule has 0 aliphatic heterocycles. The van der Waals surface area contributed by atoms with Gasteiger partial charge in [0.05, 0.1) is 16.3 Å². The first-order valence-corrected chi connectivity index (χ1v) is 10.9. The fourth-order valence-electron chi connectivity index (χ4n) is 2.81. The van der Waals surface area contributed by atoms with Crippen molar-refractivity contribution in [2.75, 3.05) is 11.1 Å². The Bertz CT molecular complexity index is 1070. The molecule has 8 nitrogen and oxygen atoms in total. The number of carbonyl (C=O) groups excluding carboxylic acids is 1. The number of ether oxygens (including phenoxy) is 1. The van der Waals surface area contributed by atoms with Gasteiger partial charge in [0, 0.05) is 12.2 Å². The van der Waals surface area contributed by atoms with Gasteiger partial charge in [-0.05, 0) is 50.2 Å². The van der Waals surface area contributed by atoms with Crippen LogP contribution in [0.2, 0.25) is 5.02 Å². The molecule has 1 unspecified atom stereocenters. The Morgan fingerprint density at radius 1 is 1.19 bits per heavy atom. The topological polar surface area (TPSA) is 106 Å². The van der Waals surface area contributed by atoms with Crippen molar-refractivity contribution in [1.82, 2.24) is 14.8 Å². The normalized spacial score (nSPS) is 11.7. The van der Waals surface area contributed by atoms with Crippen LogP contribution < -0.4 is 10.1 Å². The maximum Gasteiger partial charge on any atom is 0.335 e. The van der Waals surface area contributed by atoms with Crippen molar-refractivity contribution in [1.29, 1.82) is 0 Å². The van der Waals surface area contributed by atoms with Crippen molar-refractivity contribution < 1.29 is 19.4 Å². The summed E-state index contributed by atoms with van der Waals surface area (Å²) in [5, 5.41) is 21.2. The van der Waals surface area contributed by atoms with Gasteiger partial charge in [0.1, 0.15) is 5.75 Å². The van der Waals surface area contributed by atoms with Crippen molar-refractivity contribution in [3.8, 4) is 5.75 Å². The van der Waals surface area contributed by atoms with Gasteiger partial charge in [-0.25, -0.2) is 4.79 Å². The second-order valence-corrected chi connectivity index (χ2v) is 7.84. The highest BCUT2D eigenvalue weighted by atomic mass is 35.5. The molecule has 0 aliphatic rings. The molecule has 0 spiro atoms. The average molecular weight is 461 g/mol. The molecule has 1 aromatic heterocycles. The fourth-order valence-corrected chi connectivity index (χ4v) is 3.80. The van der Waals surface area contributed by atoms with Crippen LogP contribution in [0.25, 0.3) is 0 Å². The molecule has 0 bridgehead atoms. The Hall–Kier alpha value is -3.04. The number of halogens is 1. The Morgan fingerprint density at radius 2 is 1.90 bits per heavy atom. The van der Waals surface area contributed by atoms with E-state index in [0.717, 1.165) is 0 Å². The summed E-state index contributed by atoms with van der Waals surface area (Å²) < 4.78 is 7.82. The molecule has 3 rings (SSSR count). The third kappa shape index (κ3) is 5.77. The number of hydrogen-bond acceptors (Lipinski definition) is 6. The first kappa shape index (κ1) is 22.6. The van der Waals surface area contributed by atoms with E-state index < -0.39 is 5.97 Å². The zero-order valence-electron chi connectivity index (χ0n) is 16.9. The molecule has 0 fully saturated rings. The van der Waals surface area contributed by atoms with Gasteiger partial charge in [-0.1, -0.05) is 35.5 Å². The summed E-state index contributed by atoms with van der Waals surface area (Å²) in [5.41, 5.74) is 0.680. The zero-order valence-corrected chi connectivity index (χ0v) is 18.5. The summed E-state index contributed by atoms with van der Waals surface area (Å²) in [6, 6.07) is 13.2. The number of carbonyl (C=O) groups is 2. The minimum absolute atomic E-state index is 0.124. The van der Waals surface area contributed by atoms with Crippen molar-refractivity contribution in [2.24, 2.45) is 0 Å². The summed E-state index contributed by atoms with van der Waals surface area (Å²) >= 11 is 7.42. The van der Waals surface area contributed by atoms with Gasteiger partial charge in [0.2, 0.25) is 5.91 Å². The van der Waals surface area contributed by atoms with Gasteiger partial charge in [-0.2, -0.15) is 0 Å². The predicted molar refractivity (Wildman–Crippen MR) is 119 cm³/mol. The van der Waals surface area contributed by atoms with Gasteiger partial charge in [-0.3, -0.25) is 4.79 Å². The monoisotopic (exact) mass is 460 g/mol. The number of carboxylic acids is 1. The van der Waals surface area contributed by atoms with E-state index in [1.165, 1.54) is 23.9 Å². The highest BCUT2D eigenvalue weighted by Crippen LogP contribution is 2.29. The van der Waals surface area contributed by atoms with Crippen LogP contribution in [0.5, 0.6) is 5.75 Å². The first-order chi connectivity index (χ1) is 14.9. The van der Waals surface area contributed by atoms with Crippen LogP contribution in [-0.4, -0.2) is 37.5 Å². The predicted octanol–water partition coefficient (Wildman–Crippen LogP) is 4.52. The van der Waals surface area contributed by atoms with Crippen LogP contribution in [0.3, 0.4) is 0 Å². The van der Waals surface area contributed by atoms with Gasteiger partial charge in [-0.15, -0.1) is 10.2 Å². The molecule has 0 aliphatic carbocycles. The summed E-state index contributed by atoms with van der Waals surface area (Å²) in [7, 11) is 0. The molecule has 162 valence electrons. The molecule has 2 aromatic carbocycles. The lowest BCUT2D eigenvalue weighted by Crippen LogP contribution is -2.15. The number of hydrogen-bond donors (Lipinski definition) is 2. The van der Waals surface area contributed by atoms with Crippen LogP contribution in [0.15, 0.2) is 53.7 Å². The van der Waals surface area contributed by atoms with Crippen LogP contribution >= 0.6 is 23.4 Å². The molecule has 10 heteroatoms. The van der Waals surface area contributed by atoms with E-state index in [2.05, 4.69) is 15.5 Å². The second kappa shape index (κ2) is 10.3. The van der Waals surface area contributed by atoms with E-state index >= 15 is 0 Å². The van der Waals surface area contributed by atoms with E-state index in [9.17, 15) is 9.59 Å². The molecular weight excluding hydrogens is 440 g/mol. The van der Waals surface area contributed by atoms with E-state index in [1.807, 2.05) is 30.5 Å². The molecule has 0 radical (unpaired) electrons. The summed E-state index contributed by atoms with van der Waals surface area (Å²) in [6.07, 6.45) is -0.386. The van der Waals surface area contributed by atoms with Crippen LogP contribution in [-0.2, 0) is 11.3 Å². The third-order valence-corrected chi connectivity index (χ3v) is 5.59. The molecule has 31 heavy (non-hydrogen) atoms. The first-order valence-electron chi connectivity index (χ1n) is 9.49. The minimum Gasteiger partial charge on any atom is -0.481 e. The van der Waals surface area contributed by atoms with Gasteiger partial charge < -0.3 is 19.7 Å². The molecular formula is C21H21ClN4O4S. The minimum atomic E-state index is -1.02. The lowest BCUT2D eigenvalue weighted by atomic mass is 10.2. The highest BCUT2D eigenvalue weighted by Gasteiger charge is 2.20. The number of carboxylic acid groups (broad SMARTS) is 1. The van der Waals surface area contributed by atoms with Crippen molar-refractivity contribution >= 4 is 40.9 Å². The van der Waals surface area contributed by atoms with E-state index in [4.69, 9.17) is 21.4 Å². The standard InChI is InChI=1S/C21H21ClN4O4S/c1-3-26-19(13(2)30-17-7-5-4-6-16(17)22)24-25-21(26)31-12-18(27)23-15-10-8-14(9-11-15)20(28)29/h4-11,13H,3,12H2,1-2H3,(H,23,27)(H,28,29). The number of amides is 1. The van der Waals surface area contributed by atoms with Crippen LogP contribution in [0.4, 0.5) is 5.69 Å². The Morgan fingerprint density at radius 3 is 2.55 bits per heavy atom. The number of para-hydroxylation sites is 1. The quantitative estimate of drug-likeness (QED) is 0.452. The summed E-state index contributed by atoms with van der Waals surface area (Å²) in [5.74, 6) is 0.0643. The van der Waals surface area contributed by atoms with Gasteiger partial charge >= 0.3 is 5.97 Å². The maximum absolute atomic E-state index is 12.3. The summed E-state index contributed by atoms with van der Waals surface area (Å²) in [6.45, 7) is 4.43. The third-order valence-electron chi connectivity index (χ3n) is 4.31. The Balaban J connectivity index is 1.61. The largest absolute Gasteiger partial charge is 0.481 e. The van der Waals surface area contributed by atoms with E-state index in [1.54, 1.807) is 24.3 Å². The highest BCUT2D eigenvalue weighted by molar-refractivity contribution is 7.99. The Kier molecular flexibility index (Phi) is 7.54. The molecule has 1 atom stereocenters. The smallest absolute Gasteiger partial charge is 0.335 e. The lowest BCUT2D eigenvalue weighted by Gasteiger charge is -2.16. The molecule has 0 saturated heterocycles. The lowest BCUT2D eigenvalue weighted by molar-refractivity contribution is -0.113. The zero-order chi connectivity index (χ0) is 22.4. The number of aromatic nitrogens is 3. The fraction of sp³-hybridized carbons (Fsp3) is 0.238. The number of nitrogens with one attached hydrogen (secondary N) is 1. The van der Waals surface area contributed by atoms with E-state index in [0.29, 0.717) is 34.0 Å². The van der Waals surface area contributed by atoms with Crippen molar-refractivity contribution in [2.45, 2.75) is 31.7 Å². The van der Waals surface area contributed by atoms with Gasteiger partial charge in [0.25, 0.3) is 0 Å². The van der Waals surface area contributed by atoms with Crippen molar-refractivity contribution in [3.05, 3.63) is 64.9 Å². The Labute approximate surface area is 188 Å². The second-order valence-electron chi connectivity index (χ2n) is 6.49. The number of thioether (sulfide) groups is 1. The maximum atomic E-state index is 12.3.